The van der Waals surface area contributed by atoms with E-state index in [1.54, 1.807) is 0 Å². The first kappa shape index (κ1) is 19.7. The Kier molecular flexibility index (Phi) is 4.81. The molecule has 0 aliphatic heterocycles. The van der Waals surface area contributed by atoms with Crippen LogP contribution < -0.4 is 10.3 Å². The van der Waals surface area contributed by atoms with Gasteiger partial charge < -0.3 is 9.30 Å². The lowest BCUT2D eigenvalue weighted by atomic mass is 10.1. The maximum Gasteiger partial charge on any atom is 0.434 e. The van der Waals surface area contributed by atoms with Crippen LogP contribution in [-0.2, 0) is 12.7 Å². The lowest BCUT2D eigenvalue weighted by molar-refractivity contribution is -0.140. The van der Waals surface area contributed by atoms with Gasteiger partial charge in [-0.05, 0) is 6.07 Å². The minimum Gasteiger partial charge on any atom is -0.497 e. The average molecular weight is 406 g/mol. The van der Waals surface area contributed by atoms with Crippen LogP contribution in [0.2, 0.25) is 0 Å². The summed E-state index contributed by atoms with van der Waals surface area (Å²) >= 11 is 0. The van der Waals surface area contributed by atoms with Gasteiger partial charge in [0.15, 0.2) is 5.69 Å². The van der Waals surface area contributed by atoms with Crippen molar-refractivity contribution in [2.24, 2.45) is 0 Å². The number of nitrogens with zero attached hydrogens (tertiary/aromatic N) is 4. The maximum atomic E-state index is 13.5. The fraction of sp³-hybridized carbons (Fsp3) is 0.312. The Morgan fingerprint density at radius 1 is 1.18 bits per heavy atom. The molecule has 3 rings (SSSR count). The molecule has 0 saturated heterocycles. The molecule has 0 unspecified atom stereocenters. The second-order valence-corrected chi connectivity index (χ2v) is 5.80. The van der Waals surface area contributed by atoms with Gasteiger partial charge in [0, 0.05) is 25.0 Å². The molecule has 28 heavy (non-hydrogen) atoms. The topological polar surface area (TPSA) is 61.4 Å². The number of aryl methyl sites for hydroxylation is 1. The first-order valence-electron chi connectivity index (χ1n) is 7.76. The maximum absolute atomic E-state index is 13.5. The van der Waals surface area contributed by atoms with Gasteiger partial charge >= 0.3 is 12.4 Å². The molecule has 0 amide bonds. The van der Waals surface area contributed by atoms with Crippen LogP contribution in [0, 0.1) is 0 Å². The van der Waals surface area contributed by atoms with Crippen molar-refractivity contribution in [3.05, 3.63) is 46.9 Å². The summed E-state index contributed by atoms with van der Waals surface area (Å²) < 4.78 is 84.3. The number of fused-ring (bicyclic) bond motifs is 1. The summed E-state index contributed by atoms with van der Waals surface area (Å²) in [5.74, 6) is 0.198. The molecule has 3 aromatic rings. The zero-order valence-corrected chi connectivity index (χ0v) is 14.2. The van der Waals surface area contributed by atoms with Crippen LogP contribution in [0.15, 0.2) is 35.6 Å². The van der Waals surface area contributed by atoms with Crippen LogP contribution in [0.3, 0.4) is 0 Å². The lowest BCUT2D eigenvalue weighted by Crippen LogP contribution is -2.24. The summed E-state index contributed by atoms with van der Waals surface area (Å²) in [5, 5.41) is 0. The summed E-state index contributed by atoms with van der Waals surface area (Å²) in [6, 6.07) is 2.51. The Morgan fingerprint density at radius 3 is 2.50 bits per heavy atom. The van der Waals surface area contributed by atoms with Crippen LogP contribution >= 0.6 is 0 Å². The second kappa shape index (κ2) is 6.84. The van der Waals surface area contributed by atoms with Gasteiger partial charge in [-0.15, -0.1) is 0 Å². The number of halogens is 6. The SMILES string of the molecule is COc1ccn2c(=O)c(-c3cn(CCC(F)(F)F)cn3)c(C(F)(F)F)nc2c1. The molecule has 150 valence electrons. The summed E-state index contributed by atoms with van der Waals surface area (Å²) in [6.45, 7) is -0.544. The van der Waals surface area contributed by atoms with Gasteiger partial charge in [0.25, 0.3) is 5.56 Å². The van der Waals surface area contributed by atoms with Crippen LogP contribution in [0.4, 0.5) is 26.3 Å². The van der Waals surface area contributed by atoms with E-state index in [-0.39, 0.29) is 11.4 Å². The largest absolute Gasteiger partial charge is 0.497 e. The van der Waals surface area contributed by atoms with E-state index < -0.39 is 47.8 Å². The van der Waals surface area contributed by atoms with Gasteiger partial charge in [0.05, 0.1) is 31.1 Å². The monoisotopic (exact) mass is 406 g/mol. The molecular formula is C16H12F6N4O2. The highest BCUT2D eigenvalue weighted by molar-refractivity contribution is 5.63. The molecule has 0 atom stereocenters. The highest BCUT2D eigenvalue weighted by Gasteiger charge is 2.38. The zero-order chi connectivity index (χ0) is 20.7. The molecule has 0 saturated carbocycles. The standard InChI is InChI=1S/C16H12F6N4O2/c1-28-9-2-4-26-11(6-9)24-13(16(20,21)22)12(14(26)27)10-7-25(8-23-10)5-3-15(17,18)19/h2,4,6-8H,3,5H2,1H3. The molecule has 0 aromatic carbocycles. The molecule has 3 heterocycles. The molecule has 0 aliphatic carbocycles. The van der Waals surface area contributed by atoms with Crippen molar-refractivity contribution in [2.75, 3.05) is 7.11 Å². The summed E-state index contributed by atoms with van der Waals surface area (Å²) in [5.41, 5.74) is -4.09. The summed E-state index contributed by atoms with van der Waals surface area (Å²) in [7, 11) is 1.30. The second-order valence-electron chi connectivity index (χ2n) is 5.80. The van der Waals surface area contributed by atoms with E-state index in [4.69, 9.17) is 4.74 Å². The number of ether oxygens (including phenoxy) is 1. The van der Waals surface area contributed by atoms with Gasteiger partial charge in [-0.3, -0.25) is 9.20 Å². The number of alkyl halides is 6. The zero-order valence-electron chi connectivity index (χ0n) is 14.2. The number of aromatic nitrogens is 4. The quantitative estimate of drug-likeness (QED) is 0.622. The fourth-order valence-electron chi connectivity index (χ4n) is 2.55. The van der Waals surface area contributed by atoms with E-state index in [1.807, 2.05) is 0 Å². The summed E-state index contributed by atoms with van der Waals surface area (Å²) in [6.07, 6.45) is -7.54. The van der Waals surface area contributed by atoms with Crippen molar-refractivity contribution < 1.29 is 31.1 Å². The van der Waals surface area contributed by atoms with E-state index >= 15 is 0 Å². The smallest absolute Gasteiger partial charge is 0.434 e. The average Bonchev–Trinajstić information content (AvgIpc) is 3.06. The Labute approximate surface area is 153 Å². The number of imidazole rings is 1. The van der Waals surface area contributed by atoms with Gasteiger partial charge in [0.1, 0.15) is 11.4 Å². The number of rotatable bonds is 4. The van der Waals surface area contributed by atoms with Crippen molar-refractivity contribution in [3.8, 4) is 17.0 Å². The third-order valence-electron chi connectivity index (χ3n) is 3.85. The third-order valence-corrected chi connectivity index (χ3v) is 3.85. The number of methoxy groups -OCH3 is 1. The predicted octanol–water partition coefficient (Wildman–Crippen LogP) is 3.54. The van der Waals surface area contributed by atoms with E-state index in [0.29, 0.717) is 0 Å². The van der Waals surface area contributed by atoms with Crippen molar-refractivity contribution in [1.82, 2.24) is 18.9 Å². The van der Waals surface area contributed by atoms with E-state index in [0.717, 1.165) is 27.6 Å². The molecular weight excluding hydrogens is 394 g/mol. The van der Waals surface area contributed by atoms with Crippen molar-refractivity contribution in [1.29, 1.82) is 0 Å². The highest BCUT2D eigenvalue weighted by Crippen LogP contribution is 2.34. The minimum absolute atomic E-state index is 0.198. The number of hydrogen-bond acceptors (Lipinski definition) is 4. The van der Waals surface area contributed by atoms with Crippen LogP contribution in [0.25, 0.3) is 16.9 Å². The summed E-state index contributed by atoms with van der Waals surface area (Å²) in [4.78, 5) is 19.9. The van der Waals surface area contributed by atoms with Crippen LogP contribution in [0.5, 0.6) is 5.75 Å². The van der Waals surface area contributed by atoms with E-state index in [9.17, 15) is 31.1 Å². The molecule has 12 heteroatoms. The molecule has 0 spiro atoms. The molecule has 0 N–H and O–H groups in total. The van der Waals surface area contributed by atoms with Gasteiger partial charge in [0.2, 0.25) is 0 Å². The fourth-order valence-corrected chi connectivity index (χ4v) is 2.55. The van der Waals surface area contributed by atoms with Crippen molar-refractivity contribution in [3.63, 3.8) is 0 Å². The van der Waals surface area contributed by atoms with Crippen LogP contribution in [0.1, 0.15) is 12.1 Å². The van der Waals surface area contributed by atoms with Gasteiger partial charge in [-0.25, -0.2) is 9.97 Å². The van der Waals surface area contributed by atoms with E-state index in [1.165, 1.54) is 19.4 Å². The Morgan fingerprint density at radius 2 is 1.89 bits per heavy atom. The molecule has 0 radical (unpaired) electrons. The Hall–Kier alpha value is -3.05. The molecule has 0 fully saturated rings. The number of pyridine rings is 1. The normalized spacial score (nSPS) is 12.5. The predicted molar refractivity (Wildman–Crippen MR) is 84.9 cm³/mol. The number of hydrogen-bond donors (Lipinski definition) is 0. The molecule has 6 nitrogen and oxygen atoms in total. The van der Waals surface area contributed by atoms with Crippen LogP contribution in [-0.4, -0.2) is 32.2 Å². The van der Waals surface area contributed by atoms with E-state index in [2.05, 4.69) is 9.97 Å². The third kappa shape index (κ3) is 3.94. The molecule has 3 aromatic heterocycles. The minimum atomic E-state index is -4.98. The first-order chi connectivity index (χ1) is 13.0. The van der Waals surface area contributed by atoms with Crippen molar-refractivity contribution in [2.45, 2.75) is 25.3 Å². The Balaban J connectivity index is 2.16. The molecule has 0 bridgehead atoms. The highest BCUT2D eigenvalue weighted by atomic mass is 19.4. The van der Waals surface area contributed by atoms with Gasteiger partial charge in [-0.2, -0.15) is 26.3 Å². The van der Waals surface area contributed by atoms with Gasteiger partial charge in [-0.1, -0.05) is 0 Å². The first-order valence-corrected chi connectivity index (χ1v) is 7.76. The lowest BCUT2D eigenvalue weighted by Gasteiger charge is -2.12. The van der Waals surface area contributed by atoms with Crippen molar-refractivity contribution >= 4 is 5.65 Å². The Bertz CT molecular complexity index is 1070. The molecule has 0 aliphatic rings.